The van der Waals surface area contributed by atoms with Crippen LogP contribution in [0.15, 0.2) is 16.7 Å². The standard InChI is InChI=1S/C15H20ClN3O3/c1-8(2)14-18-15(22-19-14)9(3)17-11-6-10(16)12(20-4)7-13(11)21-5/h6-9,17H,1-5H3/t9-/m0/s1. The number of hydrogen-bond donors (Lipinski definition) is 1. The first-order valence-corrected chi connectivity index (χ1v) is 7.35. The van der Waals surface area contributed by atoms with E-state index in [9.17, 15) is 0 Å². The van der Waals surface area contributed by atoms with Crippen molar-refractivity contribution in [3.63, 3.8) is 0 Å². The van der Waals surface area contributed by atoms with Crippen LogP contribution in [-0.2, 0) is 0 Å². The molecule has 0 amide bonds. The van der Waals surface area contributed by atoms with Gasteiger partial charge in [0.1, 0.15) is 17.5 Å². The van der Waals surface area contributed by atoms with Crippen LogP contribution in [0.3, 0.4) is 0 Å². The summed E-state index contributed by atoms with van der Waals surface area (Å²) in [5, 5.41) is 7.72. The molecule has 6 nitrogen and oxygen atoms in total. The van der Waals surface area contributed by atoms with Gasteiger partial charge in [0.15, 0.2) is 5.82 Å². The molecule has 0 saturated carbocycles. The van der Waals surface area contributed by atoms with Crippen molar-refractivity contribution in [2.75, 3.05) is 19.5 Å². The molecule has 1 aromatic carbocycles. The Morgan fingerprint density at radius 1 is 1.14 bits per heavy atom. The van der Waals surface area contributed by atoms with Gasteiger partial charge in [-0.15, -0.1) is 0 Å². The van der Waals surface area contributed by atoms with Crippen LogP contribution in [0.5, 0.6) is 11.5 Å². The van der Waals surface area contributed by atoms with E-state index in [2.05, 4.69) is 15.5 Å². The first-order chi connectivity index (χ1) is 10.5. The number of methoxy groups -OCH3 is 2. The molecule has 0 spiro atoms. The molecule has 2 aromatic rings. The molecule has 7 heteroatoms. The number of anilines is 1. The van der Waals surface area contributed by atoms with Gasteiger partial charge in [-0.2, -0.15) is 4.98 Å². The van der Waals surface area contributed by atoms with Crippen molar-refractivity contribution in [3.05, 3.63) is 28.9 Å². The molecule has 0 aliphatic heterocycles. The Kier molecular flexibility index (Phi) is 5.13. The second kappa shape index (κ2) is 6.87. The van der Waals surface area contributed by atoms with Crippen LogP contribution in [-0.4, -0.2) is 24.4 Å². The normalized spacial score (nSPS) is 12.3. The minimum Gasteiger partial charge on any atom is -0.495 e. The van der Waals surface area contributed by atoms with Gasteiger partial charge in [-0.05, 0) is 13.0 Å². The summed E-state index contributed by atoms with van der Waals surface area (Å²) in [4.78, 5) is 4.38. The Morgan fingerprint density at radius 2 is 1.82 bits per heavy atom. The number of hydrogen-bond acceptors (Lipinski definition) is 6. The second-order valence-electron chi connectivity index (χ2n) is 5.20. The van der Waals surface area contributed by atoms with Crippen LogP contribution in [0, 0.1) is 0 Å². The third-order valence-corrected chi connectivity index (χ3v) is 3.49. The second-order valence-corrected chi connectivity index (χ2v) is 5.61. The SMILES string of the molecule is COc1cc(OC)c(N[C@@H](C)c2nc(C(C)C)no2)cc1Cl. The van der Waals surface area contributed by atoms with Gasteiger partial charge < -0.3 is 19.3 Å². The minimum atomic E-state index is -0.182. The lowest BCUT2D eigenvalue weighted by molar-refractivity contribution is 0.360. The Balaban J connectivity index is 2.23. The molecular formula is C15H20ClN3O3. The summed E-state index contributed by atoms with van der Waals surface area (Å²) in [5.41, 5.74) is 0.727. The van der Waals surface area contributed by atoms with E-state index in [4.69, 9.17) is 25.6 Å². The summed E-state index contributed by atoms with van der Waals surface area (Å²) >= 11 is 6.16. The van der Waals surface area contributed by atoms with E-state index < -0.39 is 0 Å². The zero-order chi connectivity index (χ0) is 16.3. The highest BCUT2D eigenvalue weighted by molar-refractivity contribution is 6.32. The van der Waals surface area contributed by atoms with E-state index in [0.29, 0.717) is 28.2 Å². The number of halogens is 1. The van der Waals surface area contributed by atoms with Crippen LogP contribution in [0.4, 0.5) is 5.69 Å². The average Bonchev–Trinajstić information content (AvgIpc) is 2.97. The number of ether oxygens (including phenoxy) is 2. The molecule has 0 saturated heterocycles. The first kappa shape index (κ1) is 16.4. The first-order valence-electron chi connectivity index (χ1n) is 6.97. The summed E-state index contributed by atoms with van der Waals surface area (Å²) in [7, 11) is 3.14. The fourth-order valence-corrected chi connectivity index (χ4v) is 2.17. The van der Waals surface area contributed by atoms with E-state index in [1.165, 1.54) is 0 Å². The molecule has 0 radical (unpaired) electrons. The third-order valence-electron chi connectivity index (χ3n) is 3.19. The maximum atomic E-state index is 6.16. The fourth-order valence-electron chi connectivity index (χ4n) is 1.93. The lowest BCUT2D eigenvalue weighted by atomic mass is 10.2. The van der Waals surface area contributed by atoms with Gasteiger partial charge in [-0.25, -0.2) is 0 Å². The highest BCUT2D eigenvalue weighted by Crippen LogP contribution is 2.37. The molecule has 0 unspecified atom stereocenters. The molecule has 0 bridgehead atoms. The van der Waals surface area contributed by atoms with Crippen LogP contribution in [0.1, 0.15) is 44.4 Å². The molecule has 1 aromatic heterocycles. The quantitative estimate of drug-likeness (QED) is 0.864. The van der Waals surface area contributed by atoms with Crippen LogP contribution in [0.2, 0.25) is 5.02 Å². The maximum absolute atomic E-state index is 6.16. The zero-order valence-electron chi connectivity index (χ0n) is 13.3. The van der Waals surface area contributed by atoms with Gasteiger partial charge in [0.25, 0.3) is 0 Å². The Hall–Kier alpha value is -1.95. The summed E-state index contributed by atoms with van der Waals surface area (Å²) < 4.78 is 15.8. The predicted octanol–water partition coefficient (Wildman–Crippen LogP) is 4.04. The Morgan fingerprint density at radius 3 is 2.36 bits per heavy atom. The third kappa shape index (κ3) is 3.44. The van der Waals surface area contributed by atoms with Crippen LogP contribution >= 0.6 is 11.6 Å². The molecule has 1 heterocycles. The summed E-state index contributed by atoms with van der Waals surface area (Å²) in [6, 6.07) is 3.29. The number of rotatable bonds is 6. The van der Waals surface area contributed by atoms with E-state index in [-0.39, 0.29) is 12.0 Å². The monoisotopic (exact) mass is 325 g/mol. The molecule has 120 valence electrons. The number of nitrogens with zero attached hydrogens (tertiary/aromatic N) is 2. The molecule has 1 N–H and O–H groups in total. The van der Waals surface area contributed by atoms with Crippen molar-refractivity contribution < 1.29 is 14.0 Å². The zero-order valence-corrected chi connectivity index (χ0v) is 14.1. The maximum Gasteiger partial charge on any atom is 0.248 e. The topological polar surface area (TPSA) is 69.4 Å². The Bertz CT molecular complexity index is 643. The van der Waals surface area contributed by atoms with Crippen LogP contribution < -0.4 is 14.8 Å². The molecule has 22 heavy (non-hydrogen) atoms. The average molecular weight is 326 g/mol. The molecule has 0 aliphatic carbocycles. The molecule has 0 fully saturated rings. The molecule has 0 aliphatic rings. The molecule has 1 atom stereocenters. The van der Waals surface area contributed by atoms with Crippen molar-refractivity contribution in [1.82, 2.24) is 10.1 Å². The van der Waals surface area contributed by atoms with E-state index in [1.54, 1.807) is 26.4 Å². The predicted molar refractivity (Wildman–Crippen MR) is 85.0 cm³/mol. The van der Waals surface area contributed by atoms with Gasteiger partial charge in [0.2, 0.25) is 5.89 Å². The van der Waals surface area contributed by atoms with Gasteiger partial charge in [-0.1, -0.05) is 30.6 Å². The number of nitrogens with one attached hydrogen (secondary N) is 1. The summed E-state index contributed by atoms with van der Waals surface area (Å²) in [6.07, 6.45) is 0. The van der Waals surface area contributed by atoms with Gasteiger partial charge >= 0.3 is 0 Å². The minimum absolute atomic E-state index is 0.182. The van der Waals surface area contributed by atoms with Crippen molar-refractivity contribution in [3.8, 4) is 11.5 Å². The van der Waals surface area contributed by atoms with Crippen molar-refractivity contribution in [2.24, 2.45) is 0 Å². The van der Waals surface area contributed by atoms with E-state index >= 15 is 0 Å². The summed E-state index contributed by atoms with van der Waals surface area (Å²) in [6.45, 7) is 5.95. The van der Waals surface area contributed by atoms with E-state index in [1.807, 2.05) is 20.8 Å². The van der Waals surface area contributed by atoms with Crippen molar-refractivity contribution in [1.29, 1.82) is 0 Å². The smallest absolute Gasteiger partial charge is 0.248 e. The van der Waals surface area contributed by atoms with Crippen molar-refractivity contribution >= 4 is 17.3 Å². The number of benzene rings is 1. The highest BCUT2D eigenvalue weighted by Gasteiger charge is 2.18. The largest absolute Gasteiger partial charge is 0.495 e. The lowest BCUT2D eigenvalue weighted by Crippen LogP contribution is -2.08. The lowest BCUT2D eigenvalue weighted by Gasteiger charge is -2.16. The van der Waals surface area contributed by atoms with Crippen LogP contribution in [0.25, 0.3) is 0 Å². The summed E-state index contributed by atoms with van der Waals surface area (Å²) in [5.74, 6) is 2.59. The van der Waals surface area contributed by atoms with Crippen molar-refractivity contribution in [2.45, 2.75) is 32.7 Å². The number of aromatic nitrogens is 2. The van der Waals surface area contributed by atoms with Gasteiger partial charge in [-0.3, -0.25) is 0 Å². The van der Waals surface area contributed by atoms with E-state index in [0.717, 1.165) is 5.69 Å². The molecular weight excluding hydrogens is 306 g/mol. The molecule has 2 rings (SSSR count). The van der Waals surface area contributed by atoms with Gasteiger partial charge in [0, 0.05) is 12.0 Å². The fraction of sp³-hybridized carbons (Fsp3) is 0.467. The Labute approximate surface area is 134 Å². The van der Waals surface area contributed by atoms with Gasteiger partial charge in [0.05, 0.1) is 24.9 Å². The highest BCUT2D eigenvalue weighted by atomic mass is 35.5.